The van der Waals surface area contributed by atoms with Crippen LogP contribution >= 0.6 is 11.6 Å². The molecule has 128 valence electrons. The average Bonchev–Trinajstić information content (AvgIpc) is 2.58. The zero-order valence-electron chi connectivity index (χ0n) is 13.3. The van der Waals surface area contributed by atoms with Crippen molar-refractivity contribution in [2.75, 3.05) is 19.8 Å². The fraction of sp³-hybridized carbons (Fsp3) is 0.368. The summed E-state index contributed by atoms with van der Waals surface area (Å²) in [5.74, 6) is -0.278. The van der Waals surface area contributed by atoms with Crippen LogP contribution in [0.15, 0.2) is 48.5 Å². The standard InChI is InChI=1S/C19H21ClFNO2/c20-17-4-2-1-3-16(17)18(14-5-7-15(21)8-6-14)22-13-19(23)9-11-24-12-10-19/h1-8,18,22-23H,9-13H2. The van der Waals surface area contributed by atoms with E-state index in [0.717, 1.165) is 11.1 Å². The number of hydrogen-bond donors (Lipinski definition) is 2. The molecule has 0 aromatic heterocycles. The molecule has 3 nitrogen and oxygen atoms in total. The normalized spacial score (nSPS) is 18.3. The van der Waals surface area contributed by atoms with Crippen molar-refractivity contribution in [3.05, 3.63) is 70.5 Å². The van der Waals surface area contributed by atoms with Crippen molar-refractivity contribution in [2.45, 2.75) is 24.5 Å². The van der Waals surface area contributed by atoms with Gasteiger partial charge in [-0.2, -0.15) is 0 Å². The molecule has 1 atom stereocenters. The summed E-state index contributed by atoms with van der Waals surface area (Å²) in [6, 6.07) is 13.7. The Balaban J connectivity index is 1.85. The smallest absolute Gasteiger partial charge is 0.123 e. The molecule has 1 heterocycles. The summed E-state index contributed by atoms with van der Waals surface area (Å²) in [7, 11) is 0. The van der Waals surface area contributed by atoms with Crippen LogP contribution in [0.3, 0.4) is 0 Å². The van der Waals surface area contributed by atoms with Crippen LogP contribution in [0.4, 0.5) is 4.39 Å². The predicted molar refractivity (Wildman–Crippen MR) is 92.7 cm³/mol. The van der Waals surface area contributed by atoms with E-state index < -0.39 is 5.60 Å². The first-order valence-corrected chi connectivity index (χ1v) is 8.49. The Bertz CT molecular complexity index is 671. The van der Waals surface area contributed by atoms with Crippen LogP contribution in [0.1, 0.15) is 30.0 Å². The first-order valence-electron chi connectivity index (χ1n) is 8.11. The Hall–Kier alpha value is -1.46. The van der Waals surface area contributed by atoms with Gasteiger partial charge >= 0.3 is 0 Å². The van der Waals surface area contributed by atoms with Crippen molar-refractivity contribution >= 4 is 11.6 Å². The van der Waals surface area contributed by atoms with Gasteiger partial charge in [-0.05, 0) is 29.3 Å². The molecule has 1 saturated heterocycles. The molecule has 1 aliphatic heterocycles. The van der Waals surface area contributed by atoms with Gasteiger partial charge in [0.2, 0.25) is 0 Å². The summed E-state index contributed by atoms with van der Waals surface area (Å²) >= 11 is 6.36. The first kappa shape index (κ1) is 17.4. The SMILES string of the molecule is OC1(CNC(c2ccc(F)cc2)c2ccccc2Cl)CCOCC1. The fourth-order valence-electron chi connectivity index (χ4n) is 2.99. The van der Waals surface area contributed by atoms with Gasteiger partial charge < -0.3 is 15.2 Å². The minimum Gasteiger partial charge on any atom is -0.388 e. The van der Waals surface area contributed by atoms with E-state index in [2.05, 4.69) is 5.32 Å². The van der Waals surface area contributed by atoms with Gasteiger partial charge in [-0.25, -0.2) is 4.39 Å². The summed E-state index contributed by atoms with van der Waals surface area (Å²) in [5.41, 5.74) is 1.01. The maximum Gasteiger partial charge on any atom is 0.123 e. The Morgan fingerprint density at radius 3 is 2.46 bits per heavy atom. The summed E-state index contributed by atoms with van der Waals surface area (Å²) in [5, 5.41) is 14.7. The summed E-state index contributed by atoms with van der Waals surface area (Å²) in [6.45, 7) is 1.54. The molecule has 0 aliphatic carbocycles. The van der Waals surface area contributed by atoms with Gasteiger partial charge in [0.1, 0.15) is 5.82 Å². The van der Waals surface area contributed by atoms with Crippen LogP contribution in [0, 0.1) is 5.82 Å². The van der Waals surface area contributed by atoms with E-state index in [-0.39, 0.29) is 11.9 Å². The molecule has 1 fully saturated rings. The monoisotopic (exact) mass is 349 g/mol. The molecular formula is C19H21ClFNO2. The van der Waals surface area contributed by atoms with Crippen molar-refractivity contribution in [1.29, 1.82) is 0 Å². The number of benzene rings is 2. The lowest BCUT2D eigenvalue weighted by molar-refractivity contribution is -0.0623. The van der Waals surface area contributed by atoms with Gasteiger partial charge in [-0.3, -0.25) is 0 Å². The zero-order chi connectivity index (χ0) is 17.0. The minimum atomic E-state index is -0.794. The van der Waals surface area contributed by atoms with Crippen LogP contribution < -0.4 is 5.32 Å². The topological polar surface area (TPSA) is 41.5 Å². The molecule has 1 aliphatic rings. The van der Waals surface area contributed by atoms with Gasteiger partial charge in [0.25, 0.3) is 0 Å². The summed E-state index contributed by atoms with van der Waals surface area (Å²) in [6.07, 6.45) is 1.19. The Morgan fingerprint density at radius 1 is 1.12 bits per heavy atom. The van der Waals surface area contributed by atoms with E-state index in [1.165, 1.54) is 12.1 Å². The van der Waals surface area contributed by atoms with Crippen molar-refractivity contribution in [3.63, 3.8) is 0 Å². The largest absolute Gasteiger partial charge is 0.388 e. The Labute approximate surface area is 146 Å². The lowest BCUT2D eigenvalue weighted by Crippen LogP contribution is -2.46. The Morgan fingerprint density at radius 2 is 1.79 bits per heavy atom. The summed E-state index contributed by atoms with van der Waals surface area (Å²) < 4.78 is 18.6. The van der Waals surface area contributed by atoms with E-state index >= 15 is 0 Å². The highest BCUT2D eigenvalue weighted by molar-refractivity contribution is 6.31. The molecule has 2 aromatic carbocycles. The van der Waals surface area contributed by atoms with Gasteiger partial charge in [-0.1, -0.05) is 41.9 Å². The highest BCUT2D eigenvalue weighted by atomic mass is 35.5. The number of ether oxygens (including phenoxy) is 1. The first-order chi connectivity index (χ1) is 11.6. The molecule has 24 heavy (non-hydrogen) atoms. The Kier molecular flexibility index (Phi) is 5.51. The molecule has 0 saturated carbocycles. The van der Waals surface area contributed by atoms with Crippen molar-refractivity contribution in [1.82, 2.24) is 5.32 Å². The second-order valence-corrected chi connectivity index (χ2v) is 6.63. The van der Waals surface area contributed by atoms with Gasteiger partial charge in [0.05, 0.1) is 11.6 Å². The van der Waals surface area contributed by atoms with Crippen LogP contribution in [-0.4, -0.2) is 30.5 Å². The van der Waals surface area contributed by atoms with E-state index in [4.69, 9.17) is 16.3 Å². The van der Waals surface area contributed by atoms with Gasteiger partial charge in [0.15, 0.2) is 0 Å². The molecule has 5 heteroatoms. The third-order valence-corrected chi connectivity index (χ3v) is 4.82. The lowest BCUT2D eigenvalue weighted by Gasteiger charge is -2.34. The highest BCUT2D eigenvalue weighted by Crippen LogP contribution is 2.29. The van der Waals surface area contributed by atoms with E-state index in [9.17, 15) is 9.50 Å². The highest BCUT2D eigenvalue weighted by Gasteiger charge is 2.31. The van der Waals surface area contributed by atoms with Gasteiger partial charge in [-0.15, -0.1) is 0 Å². The van der Waals surface area contributed by atoms with Crippen molar-refractivity contribution < 1.29 is 14.2 Å². The predicted octanol–water partition coefficient (Wildman–Crippen LogP) is 3.70. The molecule has 0 radical (unpaired) electrons. The number of aliphatic hydroxyl groups is 1. The van der Waals surface area contributed by atoms with Crippen molar-refractivity contribution in [3.8, 4) is 0 Å². The molecule has 0 bridgehead atoms. The van der Waals surface area contributed by atoms with Crippen LogP contribution in [0.5, 0.6) is 0 Å². The van der Waals surface area contributed by atoms with E-state index in [0.29, 0.717) is 37.6 Å². The van der Waals surface area contributed by atoms with Gasteiger partial charge in [0, 0.05) is 37.6 Å². The number of rotatable bonds is 5. The molecule has 1 unspecified atom stereocenters. The molecule has 2 aromatic rings. The quantitative estimate of drug-likeness (QED) is 0.864. The second kappa shape index (κ2) is 7.62. The minimum absolute atomic E-state index is 0.217. The molecule has 2 N–H and O–H groups in total. The fourth-order valence-corrected chi connectivity index (χ4v) is 3.24. The molecular weight excluding hydrogens is 329 g/mol. The second-order valence-electron chi connectivity index (χ2n) is 6.22. The number of nitrogens with one attached hydrogen (secondary N) is 1. The van der Waals surface area contributed by atoms with E-state index in [1.54, 1.807) is 12.1 Å². The number of halogens is 2. The lowest BCUT2D eigenvalue weighted by atomic mass is 9.92. The zero-order valence-corrected chi connectivity index (χ0v) is 14.1. The molecule has 3 rings (SSSR count). The number of hydrogen-bond acceptors (Lipinski definition) is 3. The molecule has 0 spiro atoms. The average molecular weight is 350 g/mol. The molecule has 0 amide bonds. The van der Waals surface area contributed by atoms with Crippen LogP contribution in [0.2, 0.25) is 5.02 Å². The maximum absolute atomic E-state index is 13.3. The third kappa shape index (κ3) is 4.14. The van der Waals surface area contributed by atoms with E-state index in [1.807, 2.05) is 24.3 Å². The van der Waals surface area contributed by atoms with Crippen LogP contribution in [-0.2, 0) is 4.74 Å². The van der Waals surface area contributed by atoms with Crippen molar-refractivity contribution in [2.24, 2.45) is 0 Å². The third-order valence-electron chi connectivity index (χ3n) is 4.48. The van der Waals surface area contributed by atoms with Crippen LogP contribution in [0.25, 0.3) is 0 Å². The maximum atomic E-state index is 13.3. The summed E-state index contributed by atoms with van der Waals surface area (Å²) in [4.78, 5) is 0.